The molecule has 2 N–H and O–H groups in total. The average Bonchev–Trinajstić information content (AvgIpc) is 3.06. The lowest BCUT2D eigenvalue weighted by Gasteiger charge is -2.15. The molecule has 2 rings (SSSR count). The van der Waals surface area contributed by atoms with Crippen LogP contribution in [0.3, 0.4) is 0 Å². The van der Waals surface area contributed by atoms with Gasteiger partial charge in [-0.2, -0.15) is 0 Å². The Hall–Kier alpha value is -1.35. The molecule has 0 bridgehead atoms. The van der Waals surface area contributed by atoms with Crippen molar-refractivity contribution in [1.82, 2.24) is 0 Å². The number of carbonyl (C=O) groups is 1. The van der Waals surface area contributed by atoms with Crippen LogP contribution in [0.2, 0.25) is 0 Å². The second-order valence-electron chi connectivity index (χ2n) is 4.19. The van der Waals surface area contributed by atoms with Crippen molar-refractivity contribution < 1.29 is 9.53 Å². The first-order valence-electron chi connectivity index (χ1n) is 5.68. The van der Waals surface area contributed by atoms with Gasteiger partial charge in [-0.1, -0.05) is 30.3 Å². The molecule has 0 saturated heterocycles. The zero-order valence-electron chi connectivity index (χ0n) is 9.48. The lowest BCUT2D eigenvalue weighted by molar-refractivity contribution is -0.146. The molecular weight excluding hydrogens is 202 g/mol. The predicted molar refractivity (Wildman–Crippen MR) is 61.9 cm³/mol. The molecule has 1 aliphatic rings. The molecule has 1 aromatic rings. The fourth-order valence-electron chi connectivity index (χ4n) is 2.33. The third-order valence-electron chi connectivity index (χ3n) is 3.32. The van der Waals surface area contributed by atoms with Gasteiger partial charge in [0.15, 0.2) is 0 Å². The summed E-state index contributed by atoms with van der Waals surface area (Å²) in [5, 5.41) is 0. The molecule has 0 unspecified atom stereocenters. The Balaban J connectivity index is 2.28. The summed E-state index contributed by atoms with van der Waals surface area (Å²) < 4.78 is 5.16. The van der Waals surface area contributed by atoms with E-state index >= 15 is 0 Å². The van der Waals surface area contributed by atoms with Gasteiger partial charge in [-0.05, 0) is 31.4 Å². The smallest absolute Gasteiger partial charge is 0.316 e. The molecule has 0 aromatic heterocycles. The van der Waals surface area contributed by atoms with Crippen LogP contribution in [-0.2, 0) is 14.9 Å². The fourth-order valence-corrected chi connectivity index (χ4v) is 2.33. The molecule has 1 aliphatic carbocycles. The van der Waals surface area contributed by atoms with Gasteiger partial charge in [0.2, 0.25) is 0 Å². The largest absolute Gasteiger partial charge is 0.465 e. The second kappa shape index (κ2) is 4.26. The number of ether oxygens (including phenoxy) is 1. The SMILES string of the molecule is CCOC(=O)[C@@]1(c2ccccc2)C[C@H]1CN. The Morgan fingerprint density at radius 2 is 2.19 bits per heavy atom. The molecule has 1 saturated carbocycles. The quantitative estimate of drug-likeness (QED) is 0.780. The van der Waals surface area contributed by atoms with Crippen LogP contribution >= 0.6 is 0 Å². The van der Waals surface area contributed by atoms with Crippen molar-refractivity contribution in [3.05, 3.63) is 35.9 Å². The topological polar surface area (TPSA) is 52.3 Å². The van der Waals surface area contributed by atoms with Crippen LogP contribution in [0.1, 0.15) is 18.9 Å². The maximum absolute atomic E-state index is 12.0. The van der Waals surface area contributed by atoms with Crippen LogP contribution < -0.4 is 5.73 Å². The maximum atomic E-state index is 12.0. The monoisotopic (exact) mass is 219 g/mol. The molecule has 0 radical (unpaired) electrons. The fraction of sp³-hybridized carbons (Fsp3) is 0.462. The molecule has 2 atom stereocenters. The number of hydrogen-bond acceptors (Lipinski definition) is 3. The minimum Gasteiger partial charge on any atom is -0.465 e. The lowest BCUT2D eigenvalue weighted by Crippen LogP contribution is -2.27. The molecular formula is C13H17NO2. The standard InChI is InChI=1S/C13H17NO2/c1-2-16-12(15)13(8-11(13)9-14)10-6-4-3-5-7-10/h3-7,11H,2,8-9,14H2,1H3/t11-,13+/m0/s1. The Kier molecular flexibility index (Phi) is 2.97. The van der Waals surface area contributed by atoms with Gasteiger partial charge < -0.3 is 10.5 Å². The first-order valence-corrected chi connectivity index (χ1v) is 5.68. The van der Waals surface area contributed by atoms with E-state index in [9.17, 15) is 4.79 Å². The first kappa shape index (κ1) is 11.1. The Labute approximate surface area is 95.6 Å². The third kappa shape index (κ3) is 1.61. The molecule has 1 fully saturated rings. The number of hydrogen-bond donors (Lipinski definition) is 1. The molecule has 0 amide bonds. The summed E-state index contributed by atoms with van der Waals surface area (Å²) in [7, 11) is 0. The second-order valence-corrected chi connectivity index (χ2v) is 4.19. The Morgan fingerprint density at radius 1 is 1.50 bits per heavy atom. The van der Waals surface area contributed by atoms with E-state index in [0.717, 1.165) is 12.0 Å². The average molecular weight is 219 g/mol. The maximum Gasteiger partial charge on any atom is 0.316 e. The van der Waals surface area contributed by atoms with Crippen molar-refractivity contribution in [2.24, 2.45) is 11.7 Å². The van der Waals surface area contributed by atoms with Gasteiger partial charge in [-0.25, -0.2) is 0 Å². The molecule has 3 nitrogen and oxygen atoms in total. The molecule has 16 heavy (non-hydrogen) atoms. The van der Waals surface area contributed by atoms with Gasteiger partial charge >= 0.3 is 5.97 Å². The van der Waals surface area contributed by atoms with Gasteiger partial charge in [0.1, 0.15) is 0 Å². The van der Waals surface area contributed by atoms with Crippen molar-refractivity contribution in [3.8, 4) is 0 Å². The van der Waals surface area contributed by atoms with Gasteiger partial charge in [-0.15, -0.1) is 0 Å². The zero-order chi connectivity index (χ0) is 11.6. The van der Waals surface area contributed by atoms with E-state index in [-0.39, 0.29) is 11.9 Å². The van der Waals surface area contributed by atoms with E-state index in [4.69, 9.17) is 10.5 Å². The summed E-state index contributed by atoms with van der Waals surface area (Å²) in [6.45, 7) is 2.79. The first-order chi connectivity index (χ1) is 7.75. The number of benzene rings is 1. The van der Waals surface area contributed by atoms with Crippen LogP contribution in [0, 0.1) is 5.92 Å². The minimum atomic E-state index is -0.466. The number of carbonyl (C=O) groups excluding carboxylic acids is 1. The van der Waals surface area contributed by atoms with E-state index in [1.54, 1.807) is 0 Å². The highest BCUT2D eigenvalue weighted by atomic mass is 16.5. The Morgan fingerprint density at radius 3 is 2.69 bits per heavy atom. The summed E-state index contributed by atoms with van der Waals surface area (Å²) in [5.74, 6) is 0.102. The van der Waals surface area contributed by atoms with Crippen LogP contribution in [0.25, 0.3) is 0 Å². The minimum absolute atomic E-state index is 0.128. The highest BCUT2D eigenvalue weighted by Crippen LogP contribution is 2.54. The van der Waals surface area contributed by atoms with E-state index in [2.05, 4.69) is 0 Å². The normalized spacial score (nSPS) is 27.5. The number of nitrogens with two attached hydrogens (primary N) is 1. The van der Waals surface area contributed by atoms with Crippen LogP contribution in [0.4, 0.5) is 0 Å². The van der Waals surface area contributed by atoms with Gasteiger partial charge in [0, 0.05) is 0 Å². The van der Waals surface area contributed by atoms with Crippen LogP contribution in [0.5, 0.6) is 0 Å². The summed E-state index contributed by atoms with van der Waals surface area (Å²) in [4.78, 5) is 12.0. The molecule has 0 aliphatic heterocycles. The van der Waals surface area contributed by atoms with E-state index in [0.29, 0.717) is 13.2 Å². The summed E-state index contributed by atoms with van der Waals surface area (Å²) >= 11 is 0. The molecule has 3 heteroatoms. The zero-order valence-corrected chi connectivity index (χ0v) is 9.48. The molecule has 1 aromatic carbocycles. The van der Waals surface area contributed by atoms with Crippen LogP contribution in [-0.4, -0.2) is 19.1 Å². The highest BCUT2D eigenvalue weighted by Gasteiger charge is 2.61. The predicted octanol–water partition coefficient (Wildman–Crippen LogP) is 1.47. The van der Waals surface area contributed by atoms with Gasteiger partial charge in [0.05, 0.1) is 12.0 Å². The van der Waals surface area contributed by atoms with Crippen molar-refractivity contribution in [1.29, 1.82) is 0 Å². The molecule has 86 valence electrons. The number of esters is 1. The van der Waals surface area contributed by atoms with E-state index in [1.165, 1.54) is 0 Å². The summed E-state index contributed by atoms with van der Waals surface area (Å²) in [5.41, 5.74) is 6.24. The highest BCUT2D eigenvalue weighted by molar-refractivity contribution is 5.87. The number of rotatable bonds is 4. The summed E-state index contributed by atoms with van der Waals surface area (Å²) in [6.07, 6.45) is 0.812. The lowest BCUT2D eigenvalue weighted by atomic mass is 9.93. The van der Waals surface area contributed by atoms with Crippen LogP contribution in [0.15, 0.2) is 30.3 Å². The third-order valence-corrected chi connectivity index (χ3v) is 3.32. The Bertz CT molecular complexity index is 377. The summed E-state index contributed by atoms with van der Waals surface area (Å²) in [6, 6.07) is 9.80. The molecule has 0 spiro atoms. The molecule has 0 heterocycles. The van der Waals surface area contributed by atoms with Gasteiger partial charge in [0.25, 0.3) is 0 Å². The van der Waals surface area contributed by atoms with Crippen molar-refractivity contribution in [3.63, 3.8) is 0 Å². The van der Waals surface area contributed by atoms with E-state index < -0.39 is 5.41 Å². The van der Waals surface area contributed by atoms with E-state index in [1.807, 2.05) is 37.3 Å². The van der Waals surface area contributed by atoms with Crippen molar-refractivity contribution in [2.75, 3.05) is 13.2 Å². The van der Waals surface area contributed by atoms with Crippen molar-refractivity contribution in [2.45, 2.75) is 18.8 Å². The van der Waals surface area contributed by atoms with Crippen molar-refractivity contribution >= 4 is 5.97 Å². The van der Waals surface area contributed by atoms with Gasteiger partial charge in [-0.3, -0.25) is 4.79 Å².